The molecule has 1 heterocycles. The molecule has 2 aromatic rings. The summed E-state index contributed by atoms with van der Waals surface area (Å²) in [5.74, 6) is -0.654. The number of carbonyl (C=O) groups excluding carboxylic acids is 1. The van der Waals surface area contributed by atoms with Gasteiger partial charge in [0.25, 0.3) is 5.91 Å². The van der Waals surface area contributed by atoms with Crippen LogP contribution in [-0.4, -0.2) is 26.7 Å². The predicted octanol–water partition coefficient (Wildman–Crippen LogP) is 3.26. The third kappa shape index (κ3) is 4.82. The summed E-state index contributed by atoms with van der Waals surface area (Å²) in [6.45, 7) is -1.03. The molecule has 0 spiro atoms. The second-order valence-corrected chi connectivity index (χ2v) is 5.98. The van der Waals surface area contributed by atoms with Crippen LogP contribution in [-0.2, 0) is 19.6 Å². The lowest BCUT2D eigenvalue weighted by atomic mass is 10.1. The minimum absolute atomic E-state index is 0. The Morgan fingerprint density at radius 1 is 1.11 bits per heavy atom. The van der Waals surface area contributed by atoms with E-state index >= 15 is 0 Å². The number of halogens is 3. The molecule has 1 aliphatic heterocycles. The zero-order chi connectivity index (χ0) is 19.4. The smallest absolute Gasteiger partial charge is 0.387 e. The van der Waals surface area contributed by atoms with Gasteiger partial charge in [0.15, 0.2) is 11.5 Å². The Morgan fingerprint density at radius 2 is 1.75 bits per heavy atom. The first-order chi connectivity index (χ1) is 13.0. The summed E-state index contributed by atoms with van der Waals surface area (Å²) in [4.78, 5) is 12.5. The van der Waals surface area contributed by atoms with Crippen molar-refractivity contribution in [1.29, 1.82) is 0 Å². The maximum atomic E-state index is 12.6. The lowest BCUT2D eigenvalue weighted by Crippen LogP contribution is -2.23. The molecule has 0 aliphatic carbocycles. The average molecular weight is 415 g/mol. The van der Waals surface area contributed by atoms with Gasteiger partial charge >= 0.3 is 6.61 Å². The number of rotatable bonds is 7. The van der Waals surface area contributed by atoms with Gasteiger partial charge in [-0.05, 0) is 28.8 Å². The van der Waals surface area contributed by atoms with E-state index in [0.29, 0.717) is 6.54 Å². The first-order valence-electron chi connectivity index (χ1n) is 8.32. The van der Waals surface area contributed by atoms with Crippen LogP contribution in [0.15, 0.2) is 30.3 Å². The lowest BCUT2D eigenvalue weighted by molar-refractivity contribution is -0.0526. The van der Waals surface area contributed by atoms with Crippen molar-refractivity contribution in [1.82, 2.24) is 10.6 Å². The van der Waals surface area contributed by atoms with Crippen molar-refractivity contribution in [3.8, 4) is 17.2 Å². The van der Waals surface area contributed by atoms with Crippen LogP contribution in [0.2, 0.25) is 0 Å². The Bertz CT molecular complexity index is 824. The van der Waals surface area contributed by atoms with E-state index < -0.39 is 6.61 Å². The maximum absolute atomic E-state index is 12.6. The molecule has 9 heteroatoms. The van der Waals surface area contributed by atoms with Crippen molar-refractivity contribution in [2.24, 2.45) is 0 Å². The van der Waals surface area contributed by atoms with Gasteiger partial charge in [0.1, 0.15) is 0 Å². The van der Waals surface area contributed by atoms with Gasteiger partial charge in [0.2, 0.25) is 5.75 Å². The number of alkyl halides is 2. The zero-order valence-corrected chi connectivity index (χ0v) is 16.2. The fourth-order valence-electron chi connectivity index (χ4n) is 2.96. The first-order valence-corrected chi connectivity index (χ1v) is 8.32. The number of nitrogens with one attached hydrogen (secondary N) is 2. The monoisotopic (exact) mass is 414 g/mol. The molecule has 0 saturated carbocycles. The van der Waals surface area contributed by atoms with Crippen molar-refractivity contribution in [3.63, 3.8) is 0 Å². The molecule has 0 radical (unpaired) electrons. The van der Waals surface area contributed by atoms with E-state index in [4.69, 9.17) is 9.47 Å². The van der Waals surface area contributed by atoms with E-state index in [1.54, 1.807) is 0 Å². The van der Waals surface area contributed by atoms with Gasteiger partial charge in [0, 0.05) is 25.2 Å². The normalized spacial score (nSPS) is 12.2. The summed E-state index contributed by atoms with van der Waals surface area (Å²) in [6, 6.07) is 8.73. The van der Waals surface area contributed by atoms with E-state index in [1.807, 2.05) is 12.1 Å². The van der Waals surface area contributed by atoms with Gasteiger partial charge < -0.3 is 24.8 Å². The lowest BCUT2D eigenvalue weighted by Gasteiger charge is -2.15. The number of hydrogen-bond donors (Lipinski definition) is 2. The number of hydrogen-bond acceptors (Lipinski definition) is 5. The number of carbonyl (C=O) groups is 1. The quantitative estimate of drug-likeness (QED) is 0.728. The van der Waals surface area contributed by atoms with Crippen molar-refractivity contribution in [2.45, 2.75) is 26.2 Å². The summed E-state index contributed by atoms with van der Waals surface area (Å²) >= 11 is 0. The molecule has 2 N–H and O–H groups in total. The molecule has 2 aromatic carbocycles. The highest BCUT2D eigenvalue weighted by Crippen LogP contribution is 2.39. The van der Waals surface area contributed by atoms with Crippen LogP contribution >= 0.6 is 12.4 Å². The topological polar surface area (TPSA) is 68.8 Å². The summed E-state index contributed by atoms with van der Waals surface area (Å²) in [6.07, 6.45) is 0. The summed E-state index contributed by atoms with van der Waals surface area (Å²) in [7, 11) is 2.60. The van der Waals surface area contributed by atoms with Crippen LogP contribution in [0.1, 0.15) is 27.0 Å². The molecular weight excluding hydrogens is 394 g/mol. The number of fused-ring (bicyclic) bond motifs is 1. The fraction of sp³-hybridized carbons (Fsp3) is 0.316. The molecule has 0 aromatic heterocycles. The van der Waals surface area contributed by atoms with E-state index in [2.05, 4.69) is 21.4 Å². The van der Waals surface area contributed by atoms with Crippen LogP contribution in [0, 0.1) is 0 Å². The van der Waals surface area contributed by atoms with Gasteiger partial charge in [0.05, 0.1) is 14.2 Å². The summed E-state index contributed by atoms with van der Waals surface area (Å²) < 4.78 is 39.8. The summed E-state index contributed by atoms with van der Waals surface area (Å²) in [5.41, 5.74) is 3.67. The van der Waals surface area contributed by atoms with Crippen molar-refractivity contribution >= 4 is 18.3 Å². The molecule has 0 atom stereocenters. The van der Waals surface area contributed by atoms with Gasteiger partial charge in [-0.25, -0.2) is 0 Å². The first kappa shape index (κ1) is 21.7. The van der Waals surface area contributed by atoms with E-state index in [-0.39, 0.29) is 41.1 Å². The van der Waals surface area contributed by atoms with Crippen LogP contribution in [0.3, 0.4) is 0 Å². The number of benzene rings is 2. The van der Waals surface area contributed by atoms with Gasteiger partial charge in [-0.15, -0.1) is 12.4 Å². The third-order valence-electron chi connectivity index (χ3n) is 4.28. The van der Waals surface area contributed by atoms with Gasteiger partial charge in [-0.2, -0.15) is 8.78 Å². The molecule has 28 heavy (non-hydrogen) atoms. The van der Waals surface area contributed by atoms with Gasteiger partial charge in [-0.3, -0.25) is 4.79 Å². The molecule has 1 aliphatic rings. The van der Waals surface area contributed by atoms with Crippen LogP contribution in [0.4, 0.5) is 8.78 Å². The minimum Gasteiger partial charge on any atom is -0.493 e. The van der Waals surface area contributed by atoms with Crippen LogP contribution in [0.5, 0.6) is 17.2 Å². The molecular formula is C19H21ClF2N2O4. The average Bonchev–Trinajstić information content (AvgIpc) is 3.13. The largest absolute Gasteiger partial charge is 0.493 e. The number of amides is 1. The zero-order valence-electron chi connectivity index (χ0n) is 15.4. The Kier molecular flexibility index (Phi) is 7.42. The Morgan fingerprint density at radius 3 is 2.36 bits per heavy atom. The molecule has 1 amide bonds. The molecule has 3 rings (SSSR count). The minimum atomic E-state index is -3.04. The molecule has 0 bridgehead atoms. The van der Waals surface area contributed by atoms with Crippen molar-refractivity contribution in [3.05, 3.63) is 52.6 Å². The maximum Gasteiger partial charge on any atom is 0.387 e. The van der Waals surface area contributed by atoms with Crippen molar-refractivity contribution in [2.75, 3.05) is 14.2 Å². The van der Waals surface area contributed by atoms with Crippen molar-refractivity contribution < 1.29 is 27.8 Å². The Balaban J connectivity index is 0.00000280. The second kappa shape index (κ2) is 9.57. The number of ether oxygens (including phenoxy) is 3. The third-order valence-corrected chi connectivity index (χ3v) is 4.28. The second-order valence-electron chi connectivity index (χ2n) is 5.98. The highest BCUT2D eigenvalue weighted by Gasteiger charge is 2.20. The molecule has 0 fully saturated rings. The number of methoxy groups -OCH3 is 2. The molecule has 0 unspecified atom stereocenters. The highest BCUT2D eigenvalue weighted by atomic mass is 35.5. The van der Waals surface area contributed by atoms with E-state index in [0.717, 1.165) is 18.7 Å². The fourth-order valence-corrected chi connectivity index (χ4v) is 2.96. The Hall–Kier alpha value is -2.58. The van der Waals surface area contributed by atoms with Crippen LogP contribution < -0.4 is 24.8 Å². The molecule has 6 nitrogen and oxygen atoms in total. The summed E-state index contributed by atoms with van der Waals surface area (Å²) in [5, 5.41) is 6.08. The standard InChI is InChI=1S/C19H20F2N2O4.ClH/c1-25-15-6-13(7-16(26-2)17(15)27-19(20)21)18(24)23-8-11-3-4-12-9-22-10-14(12)5-11;/h3-7,19,22H,8-10H2,1-2H3,(H,23,24);1H. The highest BCUT2D eigenvalue weighted by molar-refractivity contribution is 5.95. The molecule has 0 saturated heterocycles. The van der Waals surface area contributed by atoms with E-state index in [9.17, 15) is 13.6 Å². The van der Waals surface area contributed by atoms with Crippen LogP contribution in [0.25, 0.3) is 0 Å². The predicted molar refractivity (Wildman–Crippen MR) is 102 cm³/mol. The Labute approximate surface area is 167 Å². The van der Waals surface area contributed by atoms with Gasteiger partial charge in [-0.1, -0.05) is 18.2 Å². The van der Waals surface area contributed by atoms with E-state index in [1.165, 1.54) is 37.5 Å². The molecule has 152 valence electrons. The SMILES string of the molecule is COc1cc(C(=O)NCc2ccc3c(c2)CNC3)cc(OC)c1OC(F)F.Cl.